The number of hydrogen-bond donors (Lipinski definition) is 2. The molecule has 6 rings (SSSR count). The molecule has 1 fully saturated rings. The maximum Gasteiger partial charge on any atom is 0.255 e. The van der Waals surface area contributed by atoms with E-state index < -0.39 is 0 Å². The van der Waals surface area contributed by atoms with E-state index in [1.165, 1.54) is 18.4 Å². The molecule has 2 aliphatic heterocycles. The highest BCUT2D eigenvalue weighted by Crippen LogP contribution is 2.39. The summed E-state index contributed by atoms with van der Waals surface area (Å²) < 4.78 is 12.7. The molecule has 3 aromatic rings. The molecule has 1 aromatic heterocycles. The van der Waals surface area contributed by atoms with Gasteiger partial charge in [0, 0.05) is 61.1 Å². The normalized spacial score (nSPS) is 19.0. The Morgan fingerprint density at radius 1 is 0.909 bits per heavy atom. The molecule has 2 aromatic carbocycles. The average molecular weight is 597 g/mol. The Morgan fingerprint density at radius 2 is 1.73 bits per heavy atom. The van der Waals surface area contributed by atoms with E-state index in [0.717, 1.165) is 43.6 Å². The third-order valence-corrected chi connectivity index (χ3v) is 9.06. The first-order chi connectivity index (χ1) is 21.4. The zero-order valence-corrected chi connectivity index (χ0v) is 25.4. The maximum absolute atomic E-state index is 13.6. The number of piperidine rings is 1. The number of pyridine rings is 1. The minimum absolute atomic E-state index is 0.0439. The summed E-state index contributed by atoms with van der Waals surface area (Å²) in [5.41, 5.74) is 4.78. The van der Waals surface area contributed by atoms with E-state index in [4.69, 9.17) is 9.47 Å². The summed E-state index contributed by atoms with van der Waals surface area (Å²) >= 11 is 0. The number of fused-ring (bicyclic) bond motifs is 4. The Hall–Kier alpha value is -4.53. The zero-order valence-electron chi connectivity index (χ0n) is 25.4. The van der Waals surface area contributed by atoms with Crippen LogP contribution in [0.4, 0.5) is 11.4 Å². The third-order valence-electron chi connectivity index (χ3n) is 9.06. The van der Waals surface area contributed by atoms with Crippen LogP contribution in [0, 0.1) is 5.92 Å². The number of methoxy groups -OCH3 is 2. The molecule has 44 heavy (non-hydrogen) atoms. The summed E-state index contributed by atoms with van der Waals surface area (Å²) in [5.74, 6) is 1.00. The second-order valence-corrected chi connectivity index (χ2v) is 12.0. The van der Waals surface area contributed by atoms with Crippen molar-refractivity contribution in [1.29, 1.82) is 0 Å². The van der Waals surface area contributed by atoms with Gasteiger partial charge in [-0.15, -0.1) is 0 Å². The molecule has 1 saturated heterocycles. The van der Waals surface area contributed by atoms with Gasteiger partial charge in [-0.05, 0) is 80.8 Å². The van der Waals surface area contributed by atoms with Crippen LogP contribution >= 0.6 is 0 Å². The first kappa shape index (κ1) is 29.5. The lowest BCUT2D eigenvalue weighted by atomic mass is 9.83. The minimum Gasteiger partial charge on any atom is -0.497 e. The van der Waals surface area contributed by atoms with Crippen molar-refractivity contribution < 1.29 is 19.1 Å². The number of carbonyl (C=O) groups excluding carboxylic acids is 2. The van der Waals surface area contributed by atoms with Crippen molar-refractivity contribution in [2.45, 2.75) is 51.0 Å². The highest BCUT2D eigenvalue weighted by molar-refractivity contribution is 6.07. The second kappa shape index (κ2) is 13.0. The molecule has 1 aliphatic carbocycles. The highest BCUT2D eigenvalue weighted by Gasteiger charge is 2.35. The molecule has 0 unspecified atom stereocenters. The highest BCUT2D eigenvalue weighted by atomic mass is 16.5. The number of aromatic nitrogens is 1. The quantitative estimate of drug-likeness (QED) is 0.323. The summed E-state index contributed by atoms with van der Waals surface area (Å²) in [7, 11) is 3.09. The molecule has 2 atom stereocenters. The maximum atomic E-state index is 13.6. The number of nitrogens with zero attached hydrogens (tertiary/aromatic N) is 2. The second-order valence-electron chi connectivity index (χ2n) is 12.0. The molecule has 0 saturated carbocycles. The lowest BCUT2D eigenvalue weighted by Crippen LogP contribution is -2.47. The van der Waals surface area contributed by atoms with E-state index in [2.05, 4.69) is 21.6 Å². The molecular formula is C35H40N4O5. The van der Waals surface area contributed by atoms with Gasteiger partial charge in [0.2, 0.25) is 0 Å². The Kier molecular flexibility index (Phi) is 8.72. The number of ether oxygens (including phenoxy) is 2. The van der Waals surface area contributed by atoms with Crippen LogP contribution in [0.5, 0.6) is 11.5 Å². The zero-order chi connectivity index (χ0) is 30.6. The summed E-state index contributed by atoms with van der Waals surface area (Å²) in [6.07, 6.45) is 8.84. The lowest BCUT2D eigenvalue weighted by Gasteiger charge is -2.44. The van der Waals surface area contributed by atoms with Crippen LogP contribution in [-0.2, 0) is 6.54 Å². The largest absolute Gasteiger partial charge is 0.497 e. The topological polar surface area (TPSA) is 102 Å². The van der Waals surface area contributed by atoms with E-state index in [1.807, 2.05) is 28.8 Å². The van der Waals surface area contributed by atoms with Crippen LogP contribution in [0.2, 0.25) is 0 Å². The molecule has 2 amide bonds. The van der Waals surface area contributed by atoms with E-state index in [0.29, 0.717) is 53.9 Å². The first-order valence-corrected chi connectivity index (χ1v) is 15.5. The van der Waals surface area contributed by atoms with Gasteiger partial charge in [-0.25, -0.2) is 0 Å². The van der Waals surface area contributed by atoms with E-state index in [1.54, 1.807) is 44.6 Å². The van der Waals surface area contributed by atoms with E-state index in [-0.39, 0.29) is 23.3 Å². The smallest absolute Gasteiger partial charge is 0.255 e. The predicted octanol–water partition coefficient (Wildman–Crippen LogP) is 5.36. The minimum atomic E-state index is -0.334. The number of nitrogens with one attached hydrogen (secondary N) is 2. The Labute approximate surface area is 257 Å². The van der Waals surface area contributed by atoms with E-state index >= 15 is 0 Å². The molecule has 230 valence electrons. The van der Waals surface area contributed by atoms with Gasteiger partial charge < -0.3 is 29.6 Å². The number of benzene rings is 2. The van der Waals surface area contributed by atoms with Crippen LogP contribution in [0.3, 0.4) is 0 Å². The molecule has 2 bridgehead atoms. The van der Waals surface area contributed by atoms with Gasteiger partial charge >= 0.3 is 0 Å². The van der Waals surface area contributed by atoms with Crippen molar-refractivity contribution in [3.05, 3.63) is 93.4 Å². The van der Waals surface area contributed by atoms with Gasteiger partial charge in [-0.1, -0.05) is 17.7 Å². The van der Waals surface area contributed by atoms with Crippen molar-refractivity contribution in [2.75, 3.05) is 44.1 Å². The fourth-order valence-corrected chi connectivity index (χ4v) is 6.85. The number of amides is 2. The molecule has 9 heteroatoms. The lowest BCUT2D eigenvalue weighted by molar-refractivity contribution is 0.0952. The number of hydrogen-bond acceptors (Lipinski definition) is 6. The van der Waals surface area contributed by atoms with Gasteiger partial charge in [0.1, 0.15) is 11.5 Å². The fourth-order valence-electron chi connectivity index (χ4n) is 6.85. The molecule has 0 radical (unpaired) electrons. The number of rotatable bonds is 9. The summed E-state index contributed by atoms with van der Waals surface area (Å²) in [6, 6.07) is 16.1. The van der Waals surface area contributed by atoms with Gasteiger partial charge in [-0.2, -0.15) is 0 Å². The van der Waals surface area contributed by atoms with Gasteiger partial charge in [0.15, 0.2) is 0 Å². The Morgan fingerprint density at radius 3 is 2.48 bits per heavy atom. The van der Waals surface area contributed by atoms with E-state index in [9.17, 15) is 14.4 Å². The summed E-state index contributed by atoms with van der Waals surface area (Å²) in [5, 5.41) is 6.15. The number of carbonyl (C=O) groups is 2. The Balaban J connectivity index is 1.28. The average Bonchev–Trinajstić information content (AvgIpc) is 3.05. The molecular weight excluding hydrogens is 556 g/mol. The van der Waals surface area contributed by atoms with Crippen LogP contribution in [0.25, 0.3) is 0 Å². The van der Waals surface area contributed by atoms with Crippen LogP contribution in [0.15, 0.2) is 71.0 Å². The molecule has 3 aliphatic rings. The van der Waals surface area contributed by atoms with Gasteiger partial charge in [0.25, 0.3) is 17.4 Å². The Bertz CT molecular complexity index is 1620. The summed E-state index contributed by atoms with van der Waals surface area (Å²) in [6.45, 7) is 2.69. The van der Waals surface area contributed by atoms with Crippen LogP contribution < -0.4 is 30.6 Å². The van der Waals surface area contributed by atoms with Crippen LogP contribution in [-0.4, -0.2) is 50.2 Å². The third kappa shape index (κ3) is 6.37. The summed E-state index contributed by atoms with van der Waals surface area (Å²) in [4.78, 5) is 41.7. The molecule has 2 N–H and O–H groups in total. The monoisotopic (exact) mass is 596 g/mol. The van der Waals surface area contributed by atoms with Crippen molar-refractivity contribution in [1.82, 2.24) is 9.88 Å². The molecule has 0 spiro atoms. The van der Waals surface area contributed by atoms with Crippen molar-refractivity contribution in [3.63, 3.8) is 0 Å². The molecule has 9 nitrogen and oxygen atoms in total. The number of anilines is 2. The molecule has 3 heterocycles. The SMILES string of the molecule is COc1cc(OC)cc(C(=O)Nc2cc(C(=O)NCCC3=CCCCC3)ccc2N2C[C@H]3C[C@@H](C2)c2cccc(=O)n2C3)c1. The predicted molar refractivity (Wildman–Crippen MR) is 171 cm³/mol. The standard InChI is InChI=1S/C35H40N4O5/c1-43-28-16-26(17-29(19-28)44-2)35(42)37-30-18-25(34(41)36-14-13-23-7-4-3-5-8-23)11-12-32(30)38-20-24-15-27(22-38)31-9-6-10-33(40)39(31)21-24/h6-7,9-12,16-19,24,27H,3-5,8,13-15,20-22H2,1-2H3,(H,36,41)(H,37,42)/t24-,27+/m1/s1. The first-order valence-electron chi connectivity index (χ1n) is 15.5. The van der Waals surface area contributed by atoms with Crippen LogP contribution in [0.1, 0.15) is 70.9 Å². The van der Waals surface area contributed by atoms with Gasteiger partial charge in [-0.3, -0.25) is 14.4 Å². The van der Waals surface area contributed by atoms with Crippen molar-refractivity contribution >= 4 is 23.2 Å². The number of allylic oxidation sites excluding steroid dienone is 1. The van der Waals surface area contributed by atoms with Crippen molar-refractivity contribution in [2.24, 2.45) is 5.92 Å². The van der Waals surface area contributed by atoms with Gasteiger partial charge in [0.05, 0.1) is 25.6 Å². The fraction of sp³-hybridized carbons (Fsp3) is 0.400. The van der Waals surface area contributed by atoms with Crippen molar-refractivity contribution in [3.8, 4) is 11.5 Å².